The van der Waals surface area contributed by atoms with Gasteiger partial charge in [0.15, 0.2) is 8.32 Å². The molecule has 56 heavy (non-hydrogen) atoms. The summed E-state index contributed by atoms with van der Waals surface area (Å²) >= 11 is 1.61. The molecule has 0 saturated heterocycles. The molecule has 2 aromatic carbocycles. The SMILES string of the molecule is COc1ccc(-c2ccc(C[C@H](NC(=O)OC(C)(C)C)[C@H](C[C@@H](Cc3ccccc3F)C(=O)N[C@H]3c4ccsc4CC[C@H]3O)CC(C)(C)[Si](C)(C)O)cc2)cn1. The van der Waals surface area contributed by atoms with Crippen molar-refractivity contribution in [1.82, 2.24) is 15.6 Å². The van der Waals surface area contributed by atoms with Crippen molar-refractivity contribution in [2.45, 2.75) is 115 Å². The highest BCUT2D eigenvalue weighted by Crippen LogP contribution is 2.45. The van der Waals surface area contributed by atoms with Crippen LogP contribution in [0.2, 0.25) is 18.1 Å². The van der Waals surface area contributed by atoms with Gasteiger partial charge in [0, 0.05) is 34.7 Å². The number of ether oxygens (including phenoxy) is 2. The summed E-state index contributed by atoms with van der Waals surface area (Å²) in [5.41, 5.74) is 3.40. The Kier molecular flexibility index (Phi) is 13.8. The molecule has 0 spiro atoms. The number of nitrogens with one attached hydrogen (secondary N) is 2. The van der Waals surface area contributed by atoms with Crippen LogP contribution in [0.25, 0.3) is 11.1 Å². The van der Waals surface area contributed by atoms with Crippen LogP contribution in [0.5, 0.6) is 5.88 Å². The molecule has 0 radical (unpaired) electrons. The van der Waals surface area contributed by atoms with Crippen LogP contribution in [-0.2, 0) is 28.8 Å². The molecule has 2 heterocycles. The number of carbonyl (C=O) groups is 2. The minimum atomic E-state index is -2.80. The van der Waals surface area contributed by atoms with E-state index in [1.165, 1.54) is 6.07 Å². The Balaban J connectivity index is 1.53. The molecular weight excluding hydrogens is 746 g/mol. The van der Waals surface area contributed by atoms with E-state index in [4.69, 9.17) is 9.47 Å². The van der Waals surface area contributed by atoms with Gasteiger partial charge in [0.05, 0.1) is 19.3 Å². The number of pyridine rings is 1. The molecule has 1 aliphatic carbocycles. The number of aromatic nitrogens is 1. The lowest BCUT2D eigenvalue weighted by Gasteiger charge is -2.41. The van der Waals surface area contributed by atoms with E-state index in [9.17, 15) is 19.5 Å². The lowest BCUT2D eigenvalue weighted by Crippen LogP contribution is -2.49. The Hall–Kier alpha value is -4.10. The molecule has 2 amide bonds. The van der Waals surface area contributed by atoms with E-state index in [0.29, 0.717) is 30.7 Å². The van der Waals surface area contributed by atoms with Crippen molar-refractivity contribution in [3.8, 4) is 17.0 Å². The van der Waals surface area contributed by atoms with E-state index in [1.807, 2.05) is 95.6 Å². The average Bonchev–Trinajstić information content (AvgIpc) is 3.61. The first-order valence-corrected chi connectivity index (χ1v) is 23.3. The number of nitrogens with zero attached hydrogens (tertiary/aromatic N) is 1. The molecule has 5 rings (SSSR count). The lowest BCUT2D eigenvalue weighted by molar-refractivity contribution is -0.127. The van der Waals surface area contributed by atoms with Crippen LogP contribution >= 0.6 is 11.3 Å². The Bertz CT molecular complexity index is 1920. The van der Waals surface area contributed by atoms with Gasteiger partial charge in [0.2, 0.25) is 11.8 Å². The number of alkyl carbamates (subject to hydrolysis) is 1. The highest BCUT2D eigenvalue weighted by Gasteiger charge is 2.43. The molecule has 9 nitrogen and oxygen atoms in total. The fourth-order valence-corrected chi connectivity index (χ4v) is 9.06. The van der Waals surface area contributed by atoms with Crippen molar-refractivity contribution in [2.75, 3.05) is 7.11 Å². The summed E-state index contributed by atoms with van der Waals surface area (Å²) in [6.45, 7) is 13.3. The summed E-state index contributed by atoms with van der Waals surface area (Å²) in [5.74, 6) is -1.28. The number of hydrogen-bond acceptors (Lipinski definition) is 8. The van der Waals surface area contributed by atoms with Gasteiger partial charge in [-0.2, -0.15) is 0 Å². The number of amides is 2. The van der Waals surface area contributed by atoms with Gasteiger partial charge >= 0.3 is 6.09 Å². The van der Waals surface area contributed by atoms with Gasteiger partial charge in [-0.25, -0.2) is 14.2 Å². The lowest BCUT2D eigenvalue weighted by atomic mass is 9.78. The van der Waals surface area contributed by atoms with E-state index >= 15 is 4.39 Å². The van der Waals surface area contributed by atoms with Crippen LogP contribution in [-0.4, -0.2) is 60.1 Å². The third-order valence-corrected chi connectivity index (χ3v) is 15.7. The number of hydrogen-bond donors (Lipinski definition) is 4. The van der Waals surface area contributed by atoms with Crippen molar-refractivity contribution in [1.29, 1.82) is 0 Å². The monoisotopic (exact) mass is 803 g/mol. The molecule has 2 aromatic heterocycles. The van der Waals surface area contributed by atoms with E-state index in [-0.39, 0.29) is 24.7 Å². The number of fused-ring (bicyclic) bond motifs is 1. The maximum atomic E-state index is 15.3. The van der Waals surface area contributed by atoms with Crippen molar-refractivity contribution >= 4 is 31.7 Å². The zero-order valence-corrected chi connectivity index (χ0v) is 35.7. The van der Waals surface area contributed by atoms with E-state index < -0.39 is 55.0 Å². The van der Waals surface area contributed by atoms with Crippen molar-refractivity contribution < 1.29 is 33.4 Å². The number of halogens is 1. The van der Waals surface area contributed by atoms with Crippen LogP contribution in [0.4, 0.5) is 9.18 Å². The molecule has 0 saturated carbocycles. The standard InChI is InChI=1S/C44H58FN3O6SSi/c1-43(2,3)54-42(51)47-36(23-28-13-15-29(16-14-28)31-17-20-39(53-6)46-27-31)33(26-44(4,5)56(7,8)52)25-32(24-30-11-9-10-12-35(30)45)41(50)48-40-34-21-22-55-38(34)19-18-37(40)49/h9-17,20-22,27,32-33,36-37,40,49,52H,18-19,23-26H2,1-8H3,(H,47,51)(H,48,50)/t32-,33-,36+,37-,40+/m1/s1. The number of rotatable bonds is 15. The summed E-state index contributed by atoms with van der Waals surface area (Å²) < 4.78 is 26.3. The summed E-state index contributed by atoms with van der Waals surface area (Å²) in [6, 6.07) is 19.1. The highest BCUT2D eigenvalue weighted by atomic mass is 32.1. The maximum Gasteiger partial charge on any atom is 0.407 e. The third-order valence-electron chi connectivity index (χ3n) is 11.2. The smallest absolute Gasteiger partial charge is 0.407 e. The van der Waals surface area contributed by atoms with Crippen LogP contribution in [0.15, 0.2) is 78.3 Å². The molecule has 12 heteroatoms. The number of aliphatic hydroxyl groups excluding tert-OH is 1. The predicted molar refractivity (Wildman–Crippen MR) is 223 cm³/mol. The fourth-order valence-electron chi connectivity index (χ4n) is 7.36. The van der Waals surface area contributed by atoms with E-state index in [2.05, 4.69) is 15.6 Å². The molecule has 5 atom stereocenters. The topological polar surface area (TPSA) is 130 Å². The van der Waals surface area contributed by atoms with Crippen molar-refractivity contribution in [3.63, 3.8) is 0 Å². The van der Waals surface area contributed by atoms with Crippen LogP contribution in [0, 0.1) is 17.7 Å². The third kappa shape index (κ3) is 11.3. The number of thiophene rings is 1. The first-order chi connectivity index (χ1) is 26.3. The number of aryl methyl sites for hydroxylation is 1. The largest absolute Gasteiger partial charge is 0.481 e. The molecule has 4 N–H and O–H groups in total. The summed E-state index contributed by atoms with van der Waals surface area (Å²) in [5, 5.41) is 18.9. The summed E-state index contributed by atoms with van der Waals surface area (Å²) in [4.78, 5) is 45.3. The van der Waals surface area contributed by atoms with Gasteiger partial charge in [-0.05, 0) is 129 Å². The average molecular weight is 804 g/mol. The van der Waals surface area contributed by atoms with Gasteiger partial charge in [-0.3, -0.25) is 4.79 Å². The molecular formula is C44H58FN3O6SSi. The van der Waals surface area contributed by atoms with E-state index in [1.54, 1.807) is 42.8 Å². The van der Waals surface area contributed by atoms with Crippen LogP contribution in [0.3, 0.4) is 0 Å². The van der Waals surface area contributed by atoms with Crippen LogP contribution < -0.4 is 15.4 Å². The van der Waals surface area contributed by atoms with Crippen LogP contribution in [0.1, 0.15) is 81.5 Å². The zero-order valence-electron chi connectivity index (χ0n) is 33.9. The molecule has 0 aliphatic heterocycles. The molecule has 0 bridgehead atoms. The predicted octanol–water partition coefficient (Wildman–Crippen LogP) is 8.79. The highest BCUT2D eigenvalue weighted by molar-refractivity contribution is 7.10. The minimum absolute atomic E-state index is 0.110. The van der Waals surface area contributed by atoms with Gasteiger partial charge in [-0.15, -0.1) is 11.3 Å². The second-order valence-electron chi connectivity index (χ2n) is 17.3. The maximum absolute atomic E-state index is 15.3. The Morgan fingerprint density at radius 3 is 2.32 bits per heavy atom. The molecule has 4 aromatic rings. The second-order valence-corrected chi connectivity index (χ2v) is 22.7. The number of methoxy groups -OCH3 is 1. The molecule has 1 aliphatic rings. The van der Waals surface area contributed by atoms with Crippen molar-refractivity contribution in [3.05, 3.63) is 106 Å². The van der Waals surface area contributed by atoms with Crippen molar-refractivity contribution in [2.24, 2.45) is 11.8 Å². The number of benzene rings is 2. The molecule has 302 valence electrons. The number of aliphatic hydroxyl groups is 1. The Labute approximate surface area is 336 Å². The zero-order chi connectivity index (χ0) is 40.8. The second kappa shape index (κ2) is 18.0. The van der Waals surface area contributed by atoms with Gasteiger partial charge < -0.3 is 30.0 Å². The minimum Gasteiger partial charge on any atom is -0.481 e. The fraction of sp³-hybridized carbons (Fsp3) is 0.477. The number of carbonyl (C=O) groups excluding carboxylic acids is 2. The first-order valence-electron chi connectivity index (χ1n) is 19.4. The summed E-state index contributed by atoms with van der Waals surface area (Å²) in [7, 11) is -1.23. The first kappa shape index (κ1) is 43.0. The van der Waals surface area contributed by atoms with Gasteiger partial charge in [0.25, 0.3) is 0 Å². The van der Waals surface area contributed by atoms with Gasteiger partial charge in [-0.1, -0.05) is 56.3 Å². The Morgan fingerprint density at radius 2 is 1.70 bits per heavy atom. The quantitative estimate of drug-likeness (QED) is 0.0885. The normalized spacial score (nSPS) is 17.6. The molecule has 0 fully saturated rings. The van der Waals surface area contributed by atoms with E-state index in [0.717, 1.165) is 33.6 Å². The summed E-state index contributed by atoms with van der Waals surface area (Å²) in [6.07, 6.45) is 2.93. The molecule has 0 unspecified atom stereocenters. The Morgan fingerprint density at radius 1 is 1.00 bits per heavy atom. The van der Waals surface area contributed by atoms with Gasteiger partial charge in [0.1, 0.15) is 11.4 Å².